The Balaban J connectivity index is 1.44. The highest BCUT2D eigenvalue weighted by atomic mass is 16.5. The van der Waals surface area contributed by atoms with Crippen LogP contribution in [0.25, 0.3) is 11.1 Å². The average molecular weight is 591 g/mol. The molecule has 228 valence electrons. The average Bonchev–Trinajstić information content (AvgIpc) is 3.01. The van der Waals surface area contributed by atoms with Gasteiger partial charge in [-0.05, 0) is 85.0 Å². The highest BCUT2D eigenvalue weighted by Gasteiger charge is 2.47. The molecule has 1 aliphatic heterocycles. The van der Waals surface area contributed by atoms with Crippen LogP contribution in [0.2, 0.25) is 0 Å². The Bertz CT molecular complexity index is 1620. The zero-order chi connectivity index (χ0) is 31.5. The second-order valence-corrected chi connectivity index (χ2v) is 12.3. The van der Waals surface area contributed by atoms with E-state index in [2.05, 4.69) is 38.2 Å². The fraction of sp³-hybridized carbons (Fsp3) is 0.297. The van der Waals surface area contributed by atoms with E-state index >= 15 is 0 Å². The first kappa shape index (κ1) is 31.0. The van der Waals surface area contributed by atoms with Crippen LogP contribution in [0.1, 0.15) is 62.5 Å². The van der Waals surface area contributed by atoms with Gasteiger partial charge in [-0.2, -0.15) is 0 Å². The third-order valence-electron chi connectivity index (χ3n) is 8.60. The first-order chi connectivity index (χ1) is 21.0. The van der Waals surface area contributed by atoms with Gasteiger partial charge in [0, 0.05) is 47.9 Å². The van der Waals surface area contributed by atoms with Crippen molar-refractivity contribution in [3.8, 4) is 16.9 Å². The van der Waals surface area contributed by atoms with Crippen molar-refractivity contribution in [1.82, 2.24) is 5.01 Å². The number of nitrogens with zero attached hydrogens (tertiary/aromatic N) is 2. The maximum atomic E-state index is 13.3. The lowest BCUT2D eigenvalue weighted by Crippen LogP contribution is -2.55. The van der Waals surface area contributed by atoms with Crippen molar-refractivity contribution in [2.75, 3.05) is 29.9 Å². The maximum Gasteiger partial charge on any atom is 0.255 e. The number of likely N-dealkylation sites (N-methyl/N-ethyl adjacent to an activating group) is 1. The SMILES string of the molecule is CCN(N)CCOc1ccc(C2(C)CC(C)(C)N(C(C)=O)c3ccc(NC(=O)c4ccc(-c5ccccc5)cc4)cc32)cc1. The molecule has 0 bridgehead atoms. The number of rotatable bonds is 9. The molecule has 1 unspecified atom stereocenters. The number of hydrogen-bond acceptors (Lipinski definition) is 5. The molecule has 0 aliphatic carbocycles. The Labute approximate surface area is 260 Å². The predicted molar refractivity (Wildman–Crippen MR) is 178 cm³/mol. The highest BCUT2D eigenvalue weighted by molar-refractivity contribution is 6.05. The number of carbonyl (C=O) groups excluding carboxylic acids is 2. The summed E-state index contributed by atoms with van der Waals surface area (Å²) in [6, 6.07) is 31.7. The van der Waals surface area contributed by atoms with E-state index in [0.29, 0.717) is 30.8 Å². The number of benzene rings is 4. The molecule has 0 saturated heterocycles. The molecule has 1 aliphatic rings. The van der Waals surface area contributed by atoms with E-state index in [0.717, 1.165) is 40.2 Å². The maximum absolute atomic E-state index is 13.3. The third-order valence-corrected chi connectivity index (χ3v) is 8.60. The van der Waals surface area contributed by atoms with Gasteiger partial charge in [-0.15, -0.1) is 0 Å². The third kappa shape index (κ3) is 6.39. The number of hydrogen-bond donors (Lipinski definition) is 2. The molecular weight excluding hydrogens is 548 g/mol. The molecule has 5 rings (SSSR count). The lowest BCUT2D eigenvalue weighted by Gasteiger charge is -2.51. The second-order valence-electron chi connectivity index (χ2n) is 12.3. The molecule has 0 spiro atoms. The van der Waals surface area contributed by atoms with Crippen molar-refractivity contribution in [1.29, 1.82) is 0 Å². The molecule has 7 heteroatoms. The highest BCUT2D eigenvalue weighted by Crippen LogP contribution is 2.51. The molecule has 0 radical (unpaired) electrons. The van der Waals surface area contributed by atoms with E-state index in [1.807, 2.05) is 96.8 Å². The normalized spacial score (nSPS) is 17.2. The first-order valence-electron chi connectivity index (χ1n) is 15.2. The molecular formula is C37H42N4O3. The Hall–Kier alpha value is -4.46. The van der Waals surface area contributed by atoms with Crippen LogP contribution in [-0.4, -0.2) is 42.1 Å². The number of ether oxygens (including phenoxy) is 1. The number of hydrazine groups is 1. The van der Waals surface area contributed by atoms with Crippen LogP contribution in [0.4, 0.5) is 11.4 Å². The number of amides is 2. The van der Waals surface area contributed by atoms with Crippen LogP contribution in [0.3, 0.4) is 0 Å². The van der Waals surface area contributed by atoms with Crippen LogP contribution in [-0.2, 0) is 10.2 Å². The molecule has 4 aromatic rings. The molecule has 44 heavy (non-hydrogen) atoms. The molecule has 7 nitrogen and oxygen atoms in total. The summed E-state index contributed by atoms with van der Waals surface area (Å²) in [5, 5.41) is 4.81. The summed E-state index contributed by atoms with van der Waals surface area (Å²) >= 11 is 0. The van der Waals surface area contributed by atoms with Crippen molar-refractivity contribution >= 4 is 23.2 Å². The van der Waals surface area contributed by atoms with E-state index in [1.54, 1.807) is 11.9 Å². The largest absolute Gasteiger partial charge is 0.492 e. The lowest BCUT2D eigenvalue weighted by molar-refractivity contribution is -0.117. The van der Waals surface area contributed by atoms with Crippen molar-refractivity contribution in [2.45, 2.75) is 52.0 Å². The van der Waals surface area contributed by atoms with Crippen molar-refractivity contribution in [3.05, 3.63) is 114 Å². The van der Waals surface area contributed by atoms with E-state index in [-0.39, 0.29) is 11.8 Å². The zero-order valence-electron chi connectivity index (χ0n) is 26.3. The van der Waals surface area contributed by atoms with Gasteiger partial charge in [0.1, 0.15) is 12.4 Å². The van der Waals surface area contributed by atoms with E-state index < -0.39 is 11.0 Å². The molecule has 0 fully saturated rings. The van der Waals surface area contributed by atoms with Crippen LogP contribution < -0.4 is 20.8 Å². The van der Waals surface area contributed by atoms with E-state index in [1.165, 1.54) is 0 Å². The summed E-state index contributed by atoms with van der Waals surface area (Å²) in [6.07, 6.45) is 0.698. The Morgan fingerprint density at radius 3 is 2.20 bits per heavy atom. The van der Waals surface area contributed by atoms with Crippen molar-refractivity contribution in [2.24, 2.45) is 5.84 Å². The van der Waals surface area contributed by atoms with Gasteiger partial charge in [-0.25, -0.2) is 5.01 Å². The monoisotopic (exact) mass is 590 g/mol. The smallest absolute Gasteiger partial charge is 0.255 e. The second kappa shape index (κ2) is 12.6. The van der Waals surface area contributed by atoms with E-state index in [9.17, 15) is 9.59 Å². The summed E-state index contributed by atoms with van der Waals surface area (Å²) in [5.74, 6) is 6.46. The van der Waals surface area contributed by atoms with E-state index in [4.69, 9.17) is 10.6 Å². The fourth-order valence-corrected chi connectivity index (χ4v) is 6.48. The van der Waals surface area contributed by atoms with Gasteiger partial charge in [0.15, 0.2) is 0 Å². The van der Waals surface area contributed by atoms with Crippen LogP contribution in [0.5, 0.6) is 5.75 Å². The van der Waals surface area contributed by atoms with Gasteiger partial charge >= 0.3 is 0 Å². The van der Waals surface area contributed by atoms with Crippen molar-refractivity contribution in [3.63, 3.8) is 0 Å². The Morgan fingerprint density at radius 1 is 0.909 bits per heavy atom. The quantitative estimate of drug-likeness (QED) is 0.162. The molecule has 0 aromatic heterocycles. The molecule has 1 atom stereocenters. The fourth-order valence-electron chi connectivity index (χ4n) is 6.48. The lowest BCUT2D eigenvalue weighted by atomic mass is 9.65. The standard InChI is InChI=1S/C37H42N4O3/c1-6-40(38)22-23-44-32-19-16-30(17-20-32)37(5)25-36(3,4)41(26(2)42)34-21-18-31(24-33(34)37)39-35(43)29-14-12-28(13-15-29)27-10-8-7-9-11-27/h7-21,24H,6,22-23,25,38H2,1-5H3,(H,39,43). The number of fused-ring (bicyclic) bond motifs is 1. The molecule has 2 amide bonds. The Morgan fingerprint density at radius 2 is 1.57 bits per heavy atom. The minimum absolute atomic E-state index is 0.0154. The van der Waals surface area contributed by atoms with Gasteiger partial charge in [0.2, 0.25) is 5.91 Å². The number of nitrogens with one attached hydrogen (secondary N) is 1. The summed E-state index contributed by atoms with van der Waals surface area (Å²) in [5.41, 5.74) is 5.49. The molecule has 0 saturated carbocycles. The van der Waals surface area contributed by atoms with Gasteiger partial charge in [0.05, 0.1) is 0 Å². The molecule has 1 heterocycles. The van der Waals surface area contributed by atoms with Crippen LogP contribution in [0, 0.1) is 0 Å². The van der Waals surface area contributed by atoms with Crippen LogP contribution in [0.15, 0.2) is 97.1 Å². The Kier molecular flexibility index (Phi) is 8.90. The number of anilines is 2. The minimum atomic E-state index is -0.433. The summed E-state index contributed by atoms with van der Waals surface area (Å²) in [6.45, 7) is 11.9. The van der Waals surface area contributed by atoms with Gasteiger partial charge in [-0.1, -0.05) is 68.4 Å². The van der Waals surface area contributed by atoms with Crippen molar-refractivity contribution < 1.29 is 14.3 Å². The van der Waals surface area contributed by atoms with Gasteiger partial charge in [-0.3, -0.25) is 15.4 Å². The van der Waals surface area contributed by atoms with Gasteiger partial charge in [0.25, 0.3) is 5.91 Å². The number of nitrogens with two attached hydrogens (primary N) is 1. The summed E-state index contributed by atoms with van der Waals surface area (Å²) in [7, 11) is 0. The summed E-state index contributed by atoms with van der Waals surface area (Å²) < 4.78 is 5.93. The van der Waals surface area contributed by atoms with Crippen LogP contribution >= 0.6 is 0 Å². The molecule has 4 aromatic carbocycles. The zero-order valence-corrected chi connectivity index (χ0v) is 26.3. The number of carbonyl (C=O) groups is 2. The summed E-state index contributed by atoms with van der Waals surface area (Å²) in [4.78, 5) is 28.1. The first-order valence-corrected chi connectivity index (χ1v) is 15.2. The molecule has 3 N–H and O–H groups in total. The predicted octanol–water partition coefficient (Wildman–Crippen LogP) is 7.02. The topological polar surface area (TPSA) is 87.9 Å². The van der Waals surface area contributed by atoms with Gasteiger partial charge < -0.3 is 15.0 Å². The minimum Gasteiger partial charge on any atom is -0.492 e.